The number of nitro groups is 1. The van der Waals surface area contributed by atoms with Crippen molar-refractivity contribution in [1.29, 1.82) is 0 Å². The van der Waals surface area contributed by atoms with Gasteiger partial charge in [0, 0.05) is 6.21 Å². The summed E-state index contributed by atoms with van der Waals surface area (Å²) in [6.07, 6.45) is 4.16. The van der Waals surface area contributed by atoms with Gasteiger partial charge < -0.3 is 9.52 Å². The quantitative estimate of drug-likeness (QED) is 0.499. The van der Waals surface area contributed by atoms with Crippen LogP contribution >= 0.6 is 0 Å². The van der Waals surface area contributed by atoms with Gasteiger partial charge in [-0.25, -0.2) is 5.43 Å². The summed E-state index contributed by atoms with van der Waals surface area (Å²) in [5.41, 5.74) is 2.33. The van der Waals surface area contributed by atoms with Crippen LogP contribution in [0.1, 0.15) is 16.1 Å². The highest BCUT2D eigenvalue weighted by molar-refractivity contribution is 5.97. The third kappa shape index (κ3) is 3.79. The van der Waals surface area contributed by atoms with Gasteiger partial charge in [-0.1, -0.05) is 12.1 Å². The molecular formula is C14H11N3O5. The molecule has 0 radical (unpaired) electrons. The Hall–Kier alpha value is -3.42. The first kappa shape index (κ1) is 15.0. The van der Waals surface area contributed by atoms with Crippen LogP contribution in [0.25, 0.3) is 6.08 Å². The van der Waals surface area contributed by atoms with E-state index in [0.717, 1.165) is 0 Å². The molecule has 0 unspecified atom stereocenters. The summed E-state index contributed by atoms with van der Waals surface area (Å²) in [6, 6.07) is 8.73. The molecular weight excluding hydrogens is 290 g/mol. The van der Waals surface area contributed by atoms with Gasteiger partial charge in [0.05, 0.1) is 11.6 Å². The van der Waals surface area contributed by atoms with Crippen LogP contribution in [0.2, 0.25) is 0 Å². The van der Waals surface area contributed by atoms with Gasteiger partial charge in [-0.3, -0.25) is 14.9 Å². The van der Waals surface area contributed by atoms with Crippen LogP contribution in [-0.4, -0.2) is 22.2 Å². The van der Waals surface area contributed by atoms with Crippen molar-refractivity contribution >= 4 is 24.1 Å². The molecule has 0 fully saturated rings. The lowest BCUT2D eigenvalue weighted by Crippen LogP contribution is -2.17. The molecule has 2 aromatic rings. The maximum Gasteiger partial charge on any atom is 0.433 e. The number of phenols is 1. The summed E-state index contributed by atoms with van der Waals surface area (Å²) in [7, 11) is 0. The highest BCUT2D eigenvalue weighted by Crippen LogP contribution is 2.16. The van der Waals surface area contributed by atoms with Crippen molar-refractivity contribution in [2.45, 2.75) is 0 Å². The summed E-state index contributed by atoms with van der Waals surface area (Å²) in [4.78, 5) is 21.5. The second-order valence-corrected chi connectivity index (χ2v) is 4.03. The topological polar surface area (TPSA) is 118 Å². The van der Waals surface area contributed by atoms with Gasteiger partial charge in [0.25, 0.3) is 5.91 Å². The molecule has 0 saturated heterocycles. The minimum absolute atomic E-state index is 0.102. The van der Waals surface area contributed by atoms with E-state index in [-0.39, 0.29) is 23.0 Å². The van der Waals surface area contributed by atoms with E-state index in [4.69, 9.17) is 4.42 Å². The van der Waals surface area contributed by atoms with E-state index in [2.05, 4.69) is 10.5 Å². The number of nitrogens with one attached hydrogen (secondary N) is 1. The molecule has 22 heavy (non-hydrogen) atoms. The second kappa shape index (κ2) is 6.84. The van der Waals surface area contributed by atoms with Crippen molar-refractivity contribution in [2.24, 2.45) is 5.10 Å². The van der Waals surface area contributed by atoms with Gasteiger partial charge in [0.15, 0.2) is 0 Å². The molecule has 2 rings (SSSR count). The Kier molecular flexibility index (Phi) is 4.66. The molecule has 0 aliphatic heterocycles. The first-order valence-electron chi connectivity index (χ1n) is 6.10. The number of hydrogen-bond acceptors (Lipinski definition) is 6. The van der Waals surface area contributed by atoms with Crippen molar-refractivity contribution in [3.8, 4) is 5.75 Å². The molecule has 1 heterocycles. The Labute approximate surface area is 124 Å². The molecule has 2 N–H and O–H groups in total. The number of para-hydroxylation sites is 1. The molecule has 0 saturated carbocycles. The maximum atomic E-state index is 11.7. The third-order valence-corrected chi connectivity index (χ3v) is 2.53. The molecule has 0 aliphatic carbocycles. The van der Waals surface area contributed by atoms with Gasteiger partial charge in [-0.2, -0.15) is 5.10 Å². The fourth-order valence-corrected chi connectivity index (χ4v) is 1.53. The molecule has 0 aliphatic rings. The van der Waals surface area contributed by atoms with Crippen LogP contribution in [0.4, 0.5) is 5.88 Å². The zero-order valence-electron chi connectivity index (χ0n) is 11.2. The van der Waals surface area contributed by atoms with Crippen LogP contribution in [-0.2, 0) is 0 Å². The minimum Gasteiger partial charge on any atom is -0.507 e. The Morgan fingerprint density at radius 3 is 2.77 bits per heavy atom. The van der Waals surface area contributed by atoms with Gasteiger partial charge in [0.2, 0.25) is 0 Å². The predicted octanol–water partition coefficient (Wildman–Crippen LogP) is 2.32. The molecule has 8 nitrogen and oxygen atoms in total. The fourth-order valence-electron chi connectivity index (χ4n) is 1.53. The van der Waals surface area contributed by atoms with Crippen LogP contribution in [0.5, 0.6) is 5.75 Å². The average Bonchev–Trinajstić information content (AvgIpc) is 2.96. The van der Waals surface area contributed by atoms with Gasteiger partial charge in [0.1, 0.15) is 16.4 Å². The number of furan rings is 1. The molecule has 0 bridgehead atoms. The van der Waals surface area contributed by atoms with Crippen molar-refractivity contribution in [3.63, 3.8) is 0 Å². The van der Waals surface area contributed by atoms with Crippen LogP contribution < -0.4 is 5.43 Å². The molecule has 0 atom stereocenters. The van der Waals surface area contributed by atoms with E-state index < -0.39 is 10.8 Å². The number of phenolic OH excluding ortho intramolecular Hbond substituents is 1. The van der Waals surface area contributed by atoms with Crippen molar-refractivity contribution < 1.29 is 19.2 Å². The number of amides is 1. The number of nitrogens with zero attached hydrogens (tertiary/aromatic N) is 2. The molecule has 8 heteroatoms. The number of aromatic hydroxyl groups is 1. The zero-order valence-corrected chi connectivity index (χ0v) is 11.2. The maximum absolute atomic E-state index is 11.7. The Bertz CT molecular complexity index is 748. The molecule has 1 aromatic heterocycles. The Morgan fingerprint density at radius 2 is 2.09 bits per heavy atom. The van der Waals surface area contributed by atoms with Crippen molar-refractivity contribution in [3.05, 3.63) is 63.9 Å². The van der Waals surface area contributed by atoms with E-state index in [9.17, 15) is 20.0 Å². The van der Waals surface area contributed by atoms with Crippen molar-refractivity contribution in [2.75, 3.05) is 0 Å². The first-order chi connectivity index (χ1) is 10.6. The summed E-state index contributed by atoms with van der Waals surface area (Å²) in [6.45, 7) is 0. The number of allylic oxidation sites excluding steroid dienone is 1. The normalized spacial score (nSPS) is 11.1. The summed E-state index contributed by atoms with van der Waals surface area (Å²) in [5.74, 6) is -0.778. The Balaban J connectivity index is 1.90. The highest BCUT2D eigenvalue weighted by atomic mass is 16.6. The van der Waals surface area contributed by atoms with E-state index in [0.29, 0.717) is 0 Å². The molecule has 1 amide bonds. The number of hydrazone groups is 1. The van der Waals surface area contributed by atoms with E-state index >= 15 is 0 Å². The zero-order chi connectivity index (χ0) is 15.9. The van der Waals surface area contributed by atoms with Crippen molar-refractivity contribution in [1.82, 2.24) is 5.43 Å². The fraction of sp³-hybridized carbons (Fsp3) is 0. The molecule has 0 spiro atoms. The number of hydrogen-bond donors (Lipinski definition) is 2. The average molecular weight is 301 g/mol. The third-order valence-electron chi connectivity index (χ3n) is 2.53. The van der Waals surface area contributed by atoms with E-state index in [1.54, 1.807) is 12.1 Å². The smallest absolute Gasteiger partial charge is 0.433 e. The number of benzene rings is 1. The van der Waals surface area contributed by atoms with Crippen LogP contribution in [0, 0.1) is 10.1 Å². The number of carbonyl (C=O) groups excluding carboxylic acids is 1. The predicted molar refractivity (Wildman–Crippen MR) is 78.5 cm³/mol. The van der Waals surface area contributed by atoms with Crippen LogP contribution in [0.15, 0.2) is 52.0 Å². The SMILES string of the molecule is O=C(NN=CC=Cc1ccc([N+](=O)[O-])o1)c1ccccc1O. The first-order valence-corrected chi connectivity index (χ1v) is 6.10. The molecule has 112 valence electrons. The Morgan fingerprint density at radius 1 is 1.32 bits per heavy atom. The molecule has 1 aromatic carbocycles. The van der Waals surface area contributed by atoms with E-state index in [1.165, 1.54) is 42.6 Å². The highest BCUT2D eigenvalue weighted by Gasteiger charge is 2.09. The summed E-state index contributed by atoms with van der Waals surface area (Å²) < 4.78 is 4.89. The lowest BCUT2D eigenvalue weighted by molar-refractivity contribution is -0.402. The second-order valence-electron chi connectivity index (χ2n) is 4.03. The largest absolute Gasteiger partial charge is 0.507 e. The summed E-state index contributed by atoms with van der Waals surface area (Å²) in [5, 5.41) is 23.6. The van der Waals surface area contributed by atoms with Gasteiger partial charge in [-0.15, -0.1) is 0 Å². The monoisotopic (exact) mass is 301 g/mol. The lowest BCUT2D eigenvalue weighted by Gasteiger charge is -2.01. The van der Waals surface area contributed by atoms with Crippen LogP contribution in [0.3, 0.4) is 0 Å². The minimum atomic E-state index is -0.641. The van der Waals surface area contributed by atoms with Gasteiger partial charge >= 0.3 is 5.88 Å². The lowest BCUT2D eigenvalue weighted by atomic mass is 10.2. The van der Waals surface area contributed by atoms with Gasteiger partial charge in [-0.05, 0) is 30.4 Å². The standard InChI is InChI=1S/C14H11N3O5/c18-12-6-2-1-5-11(12)14(19)16-15-9-3-4-10-7-8-13(22-10)17(20)21/h1-9,18H,(H,16,19). The number of carbonyl (C=O) groups is 1. The summed E-state index contributed by atoms with van der Waals surface area (Å²) >= 11 is 0. The van der Waals surface area contributed by atoms with E-state index in [1.807, 2.05) is 0 Å². The number of rotatable bonds is 5.